The van der Waals surface area contributed by atoms with E-state index in [0.29, 0.717) is 12.5 Å². The lowest BCUT2D eigenvalue weighted by molar-refractivity contribution is -0.125. The van der Waals surface area contributed by atoms with Crippen LogP contribution in [0.4, 0.5) is 4.39 Å². The second-order valence-corrected chi connectivity index (χ2v) is 7.19. The van der Waals surface area contributed by atoms with Crippen molar-refractivity contribution in [3.8, 4) is 0 Å². The van der Waals surface area contributed by atoms with E-state index in [9.17, 15) is 9.18 Å². The van der Waals surface area contributed by atoms with E-state index in [-0.39, 0.29) is 11.7 Å². The predicted octanol–water partition coefficient (Wildman–Crippen LogP) is 2.37. The number of thioether (sulfide) groups is 1. The molecule has 0 saturated carbocycles. The lowest BCUT2D eigenvalue weighted by atomic mass is 9.93. The molecule has 5 nitrogen and oxygen atoms in total. The molecule has 0 saturated heterocycles. The summed E-state index contributed by atoms with van der Waals surface area (Å²) < 4.78 is 12.8. The SMILES string of the molecule is CCNC(=NCC(C)(C)C(N)=O)NCCCSc1ccc(F)cc1. The predicted molar refractivity (Wildman–Crippen MR) is 98.7 cm³/mol. The lowest BCUT2D eigenvalue weighted by Gasteiger charge is -2.19. The number of rotatable bonds is 9. The van der Waals surface area contributed by atoms with E-state index >= 15 is 0 Å². The average Bonchev–Trinajstić information content (AvgIpc) is 2.53. The molecule has 0 spiro atoms. The van der Waals surface area contributed by atoms with Crippen molar-refractivity contribution in [2.45, 2.75) is 32.1 Å². The molecule has 0 bridgehead atoms. The van der Waals surface area contributed by atoms with Gasteiger partial charge in [0.15, 0.2) is 5.96 Å². The van der Waals surface area contributed by atoms with Crippen LogP contribution in [-0.2, 0) is 4.79 Å². The topological polar surface area (TPSA) is 79.5 Å². The third-order valence-electron chi connectivity index (χ3n) is 3.34. The van der Waals surface area contributed by atoms with Crippen LogP contribution in [0.3, 0.4) is 0 Å². The van der Waals surface area contributed by atoms with Crippen molar-refractivity contribution >= 4 is 23.6 Å². The summed E-state index contributed by atoms with van der Waals surface area (Å²) in [5, 5.41) is 6.39. The molecule has 1 amide bonds. The van der Waals surface area contributed by atoms with E-state index in [2.05, 4.69) is 15.6 Å². The van der Waals surface area contributed by atoms with E-state index in [0.717, 1.165) is 30.2 Å². The highest BCUT2D eigenvalue weighted by Gasteiger charge is 2.24. The van der Waals surface area contributed by atoms with Gasteiger partial charge in [-0.1, -0.05) is 0 Å². The normalized spacial score (nSPS) is 12.1. The molecule has 0 unspecified atom stereocenters. The molecule has 0 atom stereocenters. The van der Waals surface area contributed by atoms with Crippen molar-refractivity contribution in [1.82, 2.24) is 10.6 Å². The fraction of sp³-hybridized carbons (Fsp3) is 0.529. The number of carbonyl (C=O) groups excluding carboxylic acids is 1. The monoisotopic (exact) mass is 354 g/mol. The molecule has 0 aliphatic carbocycles. The first-order chi connectivity index (χ1) is 11.3. The van der Waals surface area contributed by atoms with Crippen LogP contribution < -0.4 is 16.4 Å². The summed E-state index contributed by atoms with van der Waals surface area (Å²) in [6, 6.07) is 6.50. The zero-order chi connectivity index (χ0) is 18.0. The minimum atomic E-state index is -0.666. The second kappa shape index (κ2) is 10.2. The first-order valence-corrected chi connectivity index (χ1v) is 9.04. The molecule has 7 heteroatoms. The highest BCUT2D eigenvalue weighted by atomic mass is 32.2. The molecule has 24 heavy (non-hydrogen) atoms. The molecule has 0 aromatic heterocycles. The van der Waals surface area contributed by atoms with Gasteiger partial charge in [0.1, 0.15) is 5.82 Å². The summed E-state index contributed by atoms with van der Waals surface area (Å²) in [6.45, 7) is 7.39. The smallest absolute Gasteiger partial charge is 0.224 e. The van der Waals surface area contributed by atoms with Crippen LogP contribution >= 0.6 is 11.8 Å². The summed E-state index contributed by atoms with van der Waals surface area (Å²) in [5.41, 5.74) is 4.69. The Balaban J connectivity index is 2.35. The maximum atomic E-state index is 12.8. The third kappa shape index (κ3) is 7.68. The Morgan fingerprint density at radius 1 is 1.29 bits per heavy atom. The third-order valence-corrected chi connectivity index (χ3v) is 4.44. The van der Waals surface area contributed by atoms with Gasteiger partial charge in [0.2, 0.25) is 5.91 Å². The minimum Gasteiger partial charge on any atom is -0.369 e. The van der Waals surface area contributed by atoms with E-state index in [4.69, 9.17) is 5.73 Å². The molecule has 0 aliphatic rings. The number of hydrogen-bond acceptors (Lipinski definition) is 3. The van der Waals surface area contributed by atoms with Crippen LogP contribution in [0, 0.1) is 11.2 Å². The van der Waals surface area contributed by atoms with Crippen LogP contribution in [0.15, 0.2) is 34.2 Å². The number of nitrogens with two attached hydrogens (primary N) is 1. The van der Waals surface area contributed by atoms with Gasteiger partial charge in [0.05, 0.1) is 12.0 Å². The van der Waals surface area contributed by atoms with E-state index in [1.54, 1.807) is 37.7 Å². The molecule has 0 heterocycles. The number of amides is 1. The summed E-state index contributed by atoms with van der Waals surface area (Å²) in [4.78, 5) is 16.8. The number of benzene rings is 1. The maximum absolute atomic E-state index is 12.8. The molecular weight excluding hydrogens is 327 g/mol. The van der Waals surface area contributed by atoms with E-state index in [1.165, 1.54) is 12.1 Å². The van der Waals surface area contributed by atoms with Gasteiger partial charge in [-0.15, -0.1) is 11.8 Å². The molecule has 134 valence electrons. The summed E-state index contributed by atoms with van der Waals surface area (Å²) in [6.07, 6.45) is 0.936. The molecular formula is C17H27FN4OS. The fourth-order valence-corrected chi connectivity index (χ4v) is 2.55. The average molecular weight is 354 g/mol. The molecule has 0 radical (unpaired) electrons. The Kier molecular flexibility index (Phi) is 8.60. The number of aliphatic imine (C=N–C) groups is 1. The number of primary amides is 1. The van der Waals surface area contributed by atoms with Gasteiger partial charge in [-0.3, -0.25) is 9.79 Å². The lowest BCUT2D eigenvalue weighted by Crippen LogP contribution is -2.40. The highest BCUT2D eigenvalue weighted by molar-refractivity contribution is 7.99. The Hall–Kier alpha value is -1.76. The van der Waals surface area contributed by atoms with Crippen molar-refractivity contribution in [2.75, 3.05) is 25.4 Å². The van der Waals surface area contributed by atoms with Gasteiger partial charge < -0.3 is 16.4 Å². The fourth-order valence-electron chi connectivity index (χ4n) is 1.70. The largest absolute Gasteiger partial charge is 0.369 e. The quantitative estimate of drug-likeness (QED) is 0.275. The number of guanidine groups is 1. The zero-order valence-electron chi connectivity index (χ0n) is 14.6. The van der Waals surface area contributed by atoms with Crippen molar-refractivity contribution in [2.24, 2.45) is 16.1 Å². The Labute approximate surface area is 147 Å². The van der Waals surface area contributed by atoms with Crippen LogP contribution in [0.25, 0.3) is 0 Å². The van der Waals surface area contributed by atoms with Crippen molar-refractivity contribution in [3.63, 3.8) is 0 Å². The Morgan fingerprint density at radius 3 is 2.54 bits per heavy atom. The summed E-state index contributed by atoms with van der Waals surface area (Å²) >= 11 is 1.69. The van der Waals surface area contributed by atoms with Crippen molar-refractivity contribution < 1.29 is 9.18 Å². The van der Waals surface area contributed by atoms with Crippen molar-refractivity contribution in [1.29, 1.82) is 0 Å². The maximum Gasteiger partial charge on any atom is 0.224 e. The summed E-state index contributed by atoms with van der Waals surface area (Å²) in [5.74, 6) is 1.02. The Bertz CT molecular complexity index is 546. The number of nitrogens with one attached hydrogen (secondary N) is 2. The second-order valence-electron chi connectivity index (χ2n) is 6.03. The first-order valence-electron chi connectivity index (χ1n) is 8.05. The van der Waals surface area contributed by atoms with E-state index < -0.39 is 5.41 Å². The van der Waals surface area contributed by atoms with Gasteiger partial charge in [-0.05, 0) is 57.2 Å². The number of carbonyl (C=O) groups is 1. The van der Waals surface area contributed by atoms with E-state index in [1.807, 2.05) is 6.92 Å². The molecule has 1 rings (SSSR count). The molecule has 0 fully saturated rings. The van der Waals surface area contributed by atoms with Gasteiger partial charge in [0, 0.05) is 18.0 Å². The van der Waals surface area contributed by atoms with Gasteiger partial charge >= 0.3 is 0 Å². The van der Waals surface area contributed by atoms with Gasteiger partial charge in [-0.25, -0.2) is 4.39 Å². The van der Waals surface area contributed by atoms with Gasteiger partial charge in [0.25, 0.3) is 0 Å². The highest BCUT2D eigenvalue weighted by Crippen LogP contribution is 2.18. The number of nitrogens with zero attached hydrogens (tertiary/aromatic N) is 1. The standard InChI is InChI=1S/C17H27FN4OS/c1-4-20-16(22-12-17(2,3)15(19)23)21-10-5-11-24-14-8-6-13(18)7-9-14/h6-9H,4-5,10-12H2,1-3H3,(H2,19,23)(H2,20,21,22). The number of hydrogen-bond donors (Lipinski definition) is 3. The van der Waals surface area contributed by atoms with Crippen LogP contribution in [0.5, 0.6) is 0 Å². The number of halogens is 1. The molecule has 4 N–H and O–H groups in total. The molecule has 0 aliphatic heterocycles. The van der Waals surface area contributed by atoms with Gasteiger partial charge in [-0.2, -0.15) is 0 Å². The molecule has 1 aromatic carbocycles. The van der Waals surface area contributed by atoms with Crippen molar-refractivity contribution in [3.05, 3.63) is 30.1 Å². The van der Waals surface area contributed by atoms with Crippen LogP contribution in [0.2, 0.25) is 0 Å². The van der Waals surface area contributed by atoms with Crippen LogP contribution in [-0.4, -0.2) is 37.3 Å². The molecule has 1 aromatic rings. The zero-order valence-corrected chi connectivity index (χ0v) is 15.4. The Morgan fingerprint density at radius 2 is 1.96 bits per heavy atom. The summed E-state index contributed by atoms with van der Waals surface area (Å²) in [7, 11) is 0. The minimum absolute atomic E-state index is 0.216. The van der Waals surface area contributed by atoms with Crippen LogP contribution in [0.1, 0.15) is 27.2 Å². The first kappa shape index (κ1) is 20.3.